The van der Waals surface area contributed by atoms with Gasteiger partial charge in [0.1, 0.15) is 17.7 Å². The minimum atomic E-state index is -0.268. The van der Waals surface area contributed by atoms with Gasteiger partial charge in [-0.2, -0.15) is 10.2 Å². The molecule has 1 aromatic carbocycles. The maximum atomic E-state index is 12.9. The van der Waals surface area contributed by atoms with Crippen molar-refractivity contribution in [3.8, 4) is 5.75 Å². The summed E-state index contributed by atoms with van der Waals surface area (Å²) in [5.74, 6) is 0.387. The number of aromatic amines is 1. The molecule has 0 unspecified atom stereocenters. The lowest BCUT2D eigenvalue weighted by Crippen LogP contribution is -2.37. The maximum Gasteiger partial charge on any atom is 0.123 e. The highest BCUT2D eigenvalue weighted by Gasteiger charge is 2.24. The topological polar surface area (TPSA) is 68.2 Å². The van der Waals surface area contributed by atoms with Gasteiger partial charge in [0, 0.05) is 50.6 Å². The summed E-state index contributed by atoms with van der Waals surface area (Å²) in [7, 11) is 1.93. The van der Waals surface area contributed by atoms with Crippen LogP contribution in [-0.2, 0) is 24.8 Å². The summed E-state index contributed by atoms with van der Waals surface area (Å²) >= 11 is 0. The third-order valence-electron chi connectivity index (χ3n) is 4.75. The number of nitrogens with zero attached hydrogens (tertiary/aromatic N) is 4. The molecule has 1 aliphatic rings. The number of H-pyrrole nitrogens is 1. The number of halogens is 1. The van der Waals surface area contributed by atoms with Gasteiger partial charge in [0.2, 0.25) is 0 Å². The number of aromatic nitrogens is 4. The minimum Gasteiger partial charge on any atom is -0.493 e. The van der Waals surface area contributed by atoms with Gasteiger partial charge in [0.15, 0.2) is 0 Å². The quantitative estimate of drug-likeness (QED) is 0.677. The fourth-order valence-corrected chi connectivity index (χ4v) is 3.32. The van der Waals surface area contributed by atoms with E-state index in [2.05, 4.69) is 20.2 Å². The predicted molar refractivity (Wildman–Crippen MR) is 101 cm³/mol. The molecule has 3 heterocycles. The molecule has 2 aromatic heterocycles. The number of rotatable bonds is 7. The molecule has 28 heavy (non-hydrogen) atoms. The predicted octanol–water partition coefficient (Wildman–Crippen LogP) is 2.48. The molecule has 0 spiro atoms. The van der Waals surface area contributed by atoms with E-state index in [-0.39, 0.29) is 11.9 Å². The highest BCUT2D eigenvalue weighted by Crippen LogP contribution is 2.22. The van der Waals surface area contributed by atoms with Crippen molar-refractivity contribution in [2.24, 2.45) is 7.05 Å². The average Bonchev–Trinajstić information content (AvgIpc) is 3.33. The zero-order valence-corrected chi connectivity index (χ0v) is 15.8. The lowest BCUT2D eigenvalue weighted by Gasteiger charge is -2.31. The summed E-state index contributed by atoms with van der Waals surface area (Å²) in [5, 5.41) is 11.7. The van der Waals surface area contributed by atoms with Crippen molar-refractivity contribution < 1.29 is 13.9 Å². The van der Waals surface area contributed by atoms with E-state index in [9.17, 15) is 4.39 Å². The summed E-state index contributed by atoms with van der Waals surface area (Å²) < 4.78 is 26.3. The lowest BCUT2D eigenvalue weighted by molar-refractivity contribution is -0.0350. The monoisotopic (exact) mass is 385 g/mol. The van der Waals surface area contributed by atoms with Crippen molar-refractivity contribution in [2.45, 2.75) is 19.1 Å². The average molecular weight is 385 g/mol. The molecular weight excluding hydrogens is 361 g/mol. The molecule has 0 aliphatic carbocycles. The Hall–Kier alpha value is -2.71. The smallest absolute Gasteiger partial charge is 0.123 e. The standard InChI is InChI=1S/C20H24FN5O2/c1-25-12-15(11-22-25)13-26-7-9-28-20(14-26)19-10-17(23-24-19)6-8-27-18-4-2-16(21)3-5-18/h2-5,10-12,20H,6-9,13-14H2,1H3,(H,23,24)/t20-/m0/s1. The summed E-state index contributed by atoms with van der Waals surface area (Å²) in [6.45, 7) is 3.72. The largest absolute Gasteiger partial charge is 0.493 e. The summed E-state index contributed by atoms with van der Waals surface area (Å²) in [5.41, 5.74) is 3.10. The fraction of sp³-hybridized carbons (Fsp3) is 0.400. The van der Waals surface area contributed by atoms with E-state index in [1.54, 1.807) is 12.1 Å². The minimum absolute atomic E-state index is 0.0477. The number of aryl methyl sites for hydroxylation is 1. The summed E-state index contributed by atoms with van der Waals surface area (Å²) in [6, 6.07) is 8.07. The Kier molecular flexibility index (Phi) is 5.68. The fourth-order valence-electron chi connectivity index (χ4n) is 3.32. The normalized spacial score (nSPS) is 17.7. The van der Waals surface area contributed by atoms with Crippen LogP contribution in [0.3, 0.4) is 0 Å². The Balaban J connectivity index is 1.28. The molecule has 0 bridgehead atoms. The van der Waals surface area contributed by atoms with Gasteiger partial charge in [0.25, 0.3) is 0 Å². The van der Waals surface area contributed by atoms with Crippen molar-refractivity contribution in [3.63, 3.8) is 0 Å². The molecule has 1 aliphatic heterocycles. The molecule has 7 nitrogen and oxygen atoms in total. The molecule has 1 saturated heterocycles. The first-order chi connectivity index (χ1) is 13.7. The third-order valence-corrected chi connectivity index (χ3v) is 4.75. The number of hydrogen-bond acceptors (Lipinski definition) is 5. The number of benzene rings is 1. The zero-order chi connectivity index (χ0) is 19.3. The first-order valence-corrected chi connectivity index (χ1v) is 9.40. The van der Waals surface area contributed by atoms with Crippen molar-refractivity contribution in [1.82, 2.24) is 24.9 Å². The van der Waals surface area contributed by atoms with Crippen LogP contribution in [0.25, 0.3) is 0 Å². The second-order valence-electron chi connectivity index (χ2n) is 6.99. The zero-order valence-electron chi connectivity index (χ0n) is 15.8. The van der Waals surface area contributed by atoms with E-state index in [1.165, 1.54) is 17.7 Å². The molecule has 0 amide bonds. The molecule has 0 saturated carbocycles. The van der Waals surface area contributed by atoms with Gasteiger partial charge in [-0.25, -0.2) is 4.39 Å². The molecule has 8 heteroatoms. The van der Waals surface area contributed by atoms with Gasteiger partial charge in [-0.15, -0.1) is 0 Å². The van der Waals surface area contributed by atoms with Crippen molar-refractivity contribution >= 4 is 0 Å². The summed E-state index contributed by atoms with van der Waals surface area (Å²) in [4.78, 5) is 2.36. The van der Waals surface area contributed by atoms with Crippen LogP contribution in [0.5, 0.6) is 5.75 Å². The van der Waals surface area contributed by atoms with Crippen LogP contribution in [0, 0.1) is 5.82 Å². The van der Waals surface area contributed by atoms with Crippen LogP contribution >= 0.6 is 0 Å². The Morgan fingerprint density at radius 2 is 2.18 bits per heavy atom. The first kappa shape index (κ1) is 18.6. The first-order valence-electron chi connectivity index (χ1n) is 9.40. The second kappa shape index (κ2) is 8.53. The summed E-state index contributed by atoms with van der Waals surface area (Å²) in [6.07, 6.45) is 4.58. The van der Waals surface area contributed by atoms with Crippen molar-refractivity contribution in [1.29, 1.82) is 0 Å². The van der Waals surface area contributed by atoms with Crippen LogP contribution < -0.4 is 4.74 Å². The molecular formula is C20H24FN5O2. The van der Waals surface area contributed by atoms with Gasteiger partial charge in [-0.3, -0.25) is 14.7 Å². The SMILES string of the molecule is Cn1cc(CN2CCO[C@H](c3cc(CCOc4ccc(F)cc4)[nH]n3)C2)cn1. The highest BCUT2D eigenvalue weighted by atomic mass is 19.1. The van der Waals surface area contributed by atoms with Crippen LogP contribution in [0.4, 0.5) is 4.39 Å². The Morgan fingerprint density at radius 1 is 1.32 bits per heavy atom. The molecule has 1 atom stereocenters. The van der Waals surface area contributed by atoms with E-state index >= 15 is 0 Å². The molecule has 1 fully saturated rings. The highest BCUT2D eigenvalue weighted by molar-refractivity contribution is 5.22. The number of morpholine rings is 1. The van der Waals surface area contributed by atoms with Crippen LogP contribution in [0.15, 0.2) is 42.7 Å². The van der Waals surface area contributed by atoms with Gasteiger partial charge in [0.05, 0.1) is 25.1 Å². The van der Waals surface area contributed by atoms with Crippen LogP contribution in [-0.4, -0.2) is 51.2 Å². The molecule has 4 rings (SSSR count). The number of ether oxygens (including phenoxy) is 2. The van der Waals surface area contributed by atoms with E-state index in [0.717, 1.165) is 31.0 Å². The Morgan fingerprint density at radius 3 is 2.96 bits per heavy atom. The molecule has 3 aromatic rings. The van der Waals surface area contributed by atoms with Crippen LogP contribution in [0.1, 0.15) is 23.1 Å². The number of nitrogens with one attached hydrogen (secondary N) is 1. The molecule has 148 valence electrons. The van der Waals surface area contributed by atoms with Crippen molar-refractivity contribution in [2.75, 3.05) is 26.3 Å². The Bertz CT molecular complexity index is 892. The van der Waals surface area contributed by atoms with E-state index in [1.807, 2.05) is 30.2 Å². The van der Waals surface area contributed by atoms with Gasteiger partial charge in [-0.05, 0) is 30.3 Å². The number of hydrogen-bond donors (Lipinski definition) is 1. The second-order valence-corrected chi connectivity index (χ2v) is 6.99. The third kappa shape index (κ3) is 4.76. The van der Waals surface area contributed by atoms with Gasteiger partial charge < -0.3 is 9.47 Å². The van der Waals surface area contributed by atoms with Crippen LogP contribution in [0.2, 0.25) is 0 Å². The van der Waals surface area contributed by atoms with Gasteiger partial charge in [-0.1, -0.05) is 0 Å². The van der Waals surface area contributed by atoms with E-state index in [0.29, 0.717) is 25.4 Å². The molecule has 0 radical (unpaired) electrons. The van der Waals surface area contributed by atoms with Gasteiger partial charge >= 0.3 is 0 Å². The van der Waals surface area contributed by atoms with E-state index < -0.39 is 0 Å². The lowest BCUT2D eigenvalue weighted by atomic mass is 10.1. The van der Waals surface area contributed by atoms with E-state index in [4.69, 9.17) is 9.47 Å². The maximum absolute atomic E-state index is 12.9. The molecule has 1 N–H and O–H groups in total. The Labute approximate surface area is 163 Å². The van der Waals surface area contributed by atoms with Crippen molar-refractivity contribution in [3.05, 3.63) is 65.5 Å².